The molecule has 2 aromatic rings. The lowest BCUT2D eigenvalue weighted by atomic mass is 9.88. The molecule has 1 amide bonds. The average molecular weight is 358 g/mol. The van der Waals surface area contributed by atoms with E-state index in [1.54, 1.807) is 12.3 Å². The number of benzene rings is 1. The maximum atomic E-state index is 12.9. The minimum absolute atomic E-state index is 0.0850. The summed E-state index contributed by atoms with van der Waals surface area (Å²) in [7, 11) is 3.85. The van der Waals surface area contributed by atoms with Gasteiger partial charge in [-0.05, 0) is 55.2 Å². The van der Waals surface area contributed by atoms with Crippen LogP contribution in [0.1, 0.15) is 40.2 Å². The van der Waals surface area contributed by atoms with Crippen LogP contribution in [0.3, 0.4) is 0 Å². The van der Waals surface area contributed by atoms with Crippen LogP contribution in [0.5, 0.6) is 0 Å². The van der Waals surface area contributed by atoms with Gasteiger partial charge in [-0.25, -0.2) is 4.98 Å². The van der Waals surface area contributed by atoms with E-state index in [-0.39, 0.29) is 5.91 Å². The minimum atomic E-state index is 0.0850. The molecule has 132 valence electrons. The van der Waals surface area contributed by atoms with Crippen LogP contribution in [0, 0.1) is 6.92 Å². The normalized spacial score (nSPS) is 17.4. The molecule has 0 N–H and O–H groups in total. The summed E-state index contributed by atoms with van der Waals surface area (Å²) in [5.74, 6) is 1.25. The van der Waals surface area contributed by atoms with Gasteiger partial charge in [0, 0.05) is 49.9 Å². The van der Waals surface area contributed by atoms with Crippen LogP contribution in [0.25, 0.3) is 0 Å². The van der Waals surface area contributed by atoms with E-state index in [0.29, 0.717) is 11.5 Å². The quantitative estimate of drug-likeness (QED) is 0.828. The monoisotopic (exact) mass is 357 g/mol. The van der Waals surface area contributed by atoms with Gasteiger partial charge in [0.1, 0.15) is 5.82 Å². The summed E-state index contributed by atoms with van der Waals surface area (Å²) in [6, 6.07) is 9.71. The Morgan fingerprint density at radius 3 is 2.80 bits per heavy atom. The standard InChI is InChI=1S/C20H24ClN3O/c1-14-11-17(21)6-7-18(14)16-5-4-10-24(13-16)20(25)15-8-9-22-19(12-15)23(2)3/h6-9,11-12,16H,4-5,10,13H2,1-3H3. The molecular formula is C20H24ClN3O. The molecule has 1 unspecified atom stereocenters. The second-order valence-electron chi connectivity index (χ2n) is 6.89. The molecule has 5 heteroatoms. The molecule has 1 saturated heterocycles. The number of anilines is 1. The van der Waals surface area contributed by atoms with Crippen molar-refractivity contribution in [3.63, 3.8) is 0 Å². The van der Waals surface area contributed by atoms with Crippen LogP contribution >= 0.6 is 11.6 Å². The zero-order valence-electron chi connectivity index (χ0n) is 15.0. The van der Waals surface area contributed by atoms with E-state index in [9.17, 15) is 4.79 Å². The number of piperidine rings is 1. The van der Waals surface area contributed by atoms with E-state index in [1.807, 2.05) is 42.1 Å². The number of carbonyl (C=O) groups excluding carboxylic acids is 1. The Hall–Kier alpha value is -2.07. The second-order valence-corrected chi connectivity index (χ2v) is 7.32. The van der Waals surface area contributed by atoms with Crippen molar-refractivity contribution in [2.45, 2.75) is 25.7 Å². The Kier molecular flexibility index (Phi) is 5.28. The average Bonchev–Trinajstić information content (AvgIpc) is 2.61. The molecule has 1 aromatic carbocycles. The van der Waals surface area contributed by atoms with Crippen molar-refractivity contribution < 1.29 is 4.79 Å². The smallest absolute Gasteiger partial charge is 0.254 e. The number of nitrogens with zero attached hydrogens (tertiary/aromatic N) is 3. The van der Waals surface area contributed by atoms with Crippen LogP contribution in [-0.4, -0.2) is 43.0 Å². The van der Waals surface area contributed by atoms with Gasteiger partial charge in [0.05, 0.1) is 0 Å². The lowest BCUT2D eigenvalue weighted by molar-refractivity contribution is 0.0707. The van der Waals surface area contributed by atoms with Gasteiger partial charge in [-0.15, -0.1) is 0 Å². The maximum absolute atomic E-state index is 12.9. The molecule has 1 fully saturated rings. The number of hydrogen-bond donors (Lipinski definition) is 0. The van der Waals surface area contributed by atoms with Crippen molar-refractivity contribution in [1.29, 1.82) is 0 Å². The first-order valence-corrected chi connectivity index (χ1v) is 9.02. The topological polar surface area (TPSA) is 36.4 Å². The van der Waals surface area contributed by atoms with Crippen molar-refractivity contribution in [1.82, 2.24) is 9.88 Å². The molecule has 4 nitrogen and oxygen atoms in total. The first kappa shape index (κ1) is 17.7. The van der Waals surface area contributed by atoms with Crippen LogP contribution in [0.4, 0.5) is 5.82 Å². The summed E-state index contributed by atoms with van der Waals surface area (Å²) >= 11 is 6.08. The number of carbonyl (C=O) groups is 1. The number of amides is 1. The molecule has 1 aliphatic heterocycles. The predicted molar refractivity (Wildman–Crippen MR) is 103 cm³/mol. The fourth-order valence-corrected chi connectivity index (χ4v) is 3.72. The van der Waals surface area contributed by atoms with Gasteiger partial charge in [0.15, 0.2) is 0 Å². The Morgan fingerprint density at radius 1 is 1.28 bits per heavy atom. The van der Waals surface area contributed by atoms with Gasteiger partial charge < -0.3 is 9.80 Å². The number of pyridine rings is 1. The third-order valence-corrected chi connectivity index (χ3v) is 5.07. The Morgan fingerprint density at radius 2 is 2.08 bits per heavy atom. The van der Waals surface area contributed by atoms with Gasteiger partial charge in [0.2, 0.25) is 0 Å². The Balaban J connectivity index is 1.79. The van der Waals surface area contributed by atoms with Crippen molar-refractivity contribution in [3.05, 3.63) is 58.2 Å². The van der Waals surface area contributed by atoms with E-state index in [1.165, 1.54) is 11.1 Å². The summed E-state index contributed by atoms with van der Waals surface area (Å²) in [6.45, 7) is 3.65. The molecule has 1 aliphatic rings. The van der Waals surface area contributed by atoms with Crippen LogP contribution in [0.2, 0.25) is 5.02 Å². The van der Waals surface area contributed by atoms with Crippen LogP contribution in [-0.2, 0) is 0 Å². The lowest BCUT2D eigenvalue weighted by Gasteiger charge is -2.34. The fourth-order valence-electron chi connectivity index (χ4n) is 3.49. The van der Waals surface area contributed by atoms with E-state index in [0.717, 1.165) is 36.8 Å². The second kappa shape index (κ2) is 7.44. The number of halogens is 1. The van der Waals surface area contributed by atoms with Crippen LogP contribution < -0.4 is 4.90 Å². The van der Waals surface area contributed by atoms with Crippen molar-refractivity contribution in [2.75, 3.05) is 32.1 Å². The molecule has 1 atom stereocenters. The molecular weight excluding hydrogens is 334 g/mol. The van der Waals surface area contributed by atoms with Crippen molar-refractivity contribution in [2.24, 2.45) is 0 Å². The largest absolute Gasteiger partial charge is 0.363 e. The van der Waals surface area contributed by atoms with E-state index in [2.05, 4.69) is 18.0 Å². The van der Waals surface area contributed by atoms with Gasteiger partial charge in [-0.3, -0.25) is 4.79 Å². The number of hydrogen-bond acceptors (Lipinski definition) is 3. The van der Waals surface area contributed by atoms with E-state index in [4.69, 9.17) is 11.6 Å². The fraction of sp³-hybridized carbons (Fsp3) is 0.400. The van der Waals surface area contributed by atoms with Crippen molar-refractivity contribution in [3.8, 4) is 0 Å². The molecule has 2 heterocycles. The maximum Gasteiger partial charge on any atom is 0.254 e. The summed E-state index contributed by atoms with van der Waals surface area (Å²) in [5.41, 5.74) is 3.20. The lowest BCUT2D eigenvalue weighted by Crippen LogP contribution is -2.39. The molecule has 1 aromatic heterocycles. The molecule has 3 rings (SSSR count). The highest BCUT2D eigenvalue weighted by atomic mass is 35.5. The third kappa shape index (κ3) is 3.96. The summed E-state index contributed by atoms with van der Waals surface area (Å²) < 4.78 is 0. The molecule has 0 spiro atoms. The zero-order valence-corrected chi connectivity index (χ0v) is 15.8. The number of aromatic nitrogens is 1. The van der Waals surface area contributed by atoms with Gasteiger partial charge in [-0.1, -0.05) is 17.7 Å². The predicted octanol–water partition coefficient (Wildman–Crippen LogP) is 4.13. The highest BCUT2D eigenvalue weighted by Gasteiger charge is 2.26. The van der Waals surface area contributed by atoms with E-state index < -0.39 is 0 Å². The number of rotatable bonds is 3. The highest BCUT2D eigenvalue weighted by Crippen LogP contribution is 2.31. The number of likely N-dealkylation sites (tertiary alicyclic amines) is 1. The third-order valence-electron chi connectivity index (χ3n) is 4.83. The van der Waals surface area contributed by atoms with Gasteiger partial charge in [0.25, 0.3) is 5.91 Å². The summed E-state index contributed by atoms with van der Waals surface area (Å²) in [5, 5.41) is 0.762. The first-order valence-electron chi connectivity index (χ1n) is 8.64. The summed E-state index contributed by atoms with van der Waals surface area (Å²) in [6.07, 6.45) is 3.82. The highest BCUT2D eigenvalue weighted by molar-refractivity contribution is 6.30. The molecule has 25 heavy (non-hydrogen) atoms. The molecule has 0 bridgehead atoms. The molecule has 0 saturated carbocycles. The minimum Gasteiger partial charge on any atom is -0.363 e. The number of aryl methyl sites for hydroxylation is 1. The molecule has 0 aliphatic carbocycles. The summed E-state index contributed by atoms with van der Waals surface area (Å²) in [4.78, 5) is 21.1. The Bertz CT molecular complexity index is 775. The van der Waals surface area contributed by atoms with Crippen molar-refractivity contribution >= 4 is 23.3 Å². The molecule has 0 radical (unpaired) electrons. The SMILES string of the molecule is Cc1cc(Cl)ccc1C1CCCN(C(=O)c2ccnc(N(C)C)c2)C1. The first-order chi connectivity index (χ1) is 12.0. The van der Waals surface area contributed by atoms with Gasteiger partial charge in [-0.2, -0.15) is 0 Å². The van der Waals surface area contributed by atoms with E-state index >= 15 is 0 Å². The zero-order chi connectivity index (χ0) is 18.0. The van der Waals surface area contributed by atoms with Crippen LogP contribution in [0.15, 0.2) is 36.5 Å². The Labute approximate surface area is 154 Å². The van der Waals surface area contributed by atoms with Gasteiger partial charge >= 0.3 is 0 Å².